The zero-order valence-corrected chi connectivity index (χ0v) is 59.8. The number of anilines is 3. The number of carbonyl (C=O) groups excluding carboxylic acids is 9. The Hall–Kier alpha value is -10.7. The van der Waals surface area contributed by atoms with Crippen molar-refractivity contribution in [1.29, 1.82) is 0 Å². The molecule has 5 aromatic heterocycles. The van der Waals surface area contributed by atoms with Gasteiger partial charge in [-0.1, -0.05) is 78.3 Å². The molecule has 8 heterocycles. The molecule has 0 spiro atoms. The van der Waals surface area contributed by atoms with Crippen molar-refractivity contribution in [1.82, 2.24) is 44.8 Å². The maximum atomic E-state index is 14.7. The number of hydrogen-bond donors (Lipinski definition) is 6. The van der Waals surface area contributed by atoms with E-state index in [1.165, 1.54) is 30.5 Å². The summed E-state index contributed by atoms with van der Waals surface area (Å²) < 4.78 is 61.8. The number of halogens is 5. The summed E-state index contributed by atoms with van der Waals surface area (Å²) >= 11 is 7.53. The second-order valence-corrected chi connectivity index (χ2v) is 29.4. The van der Waals surface area contributed by atoms with Crippen molar-refractivity contribution in [2.24, 2.45) is 5.92 Å². The first-order valence-corrected chi connectivity index (χ1v) is 36.1. The molecule has 0 bridgehead atoms. The van der Waals surface area contributed by atoms with Gasteiger partial charge in [0.15, 0.2) is 5.82 Å². The lowest BCUT2D eigenvalue weighted by molar-refractivity contribution is -0.118. The van der Waals surface area contributed by atoms with E-state index < -0.39 is 92.8 Å². The van der Waals surface area contributed by atoms with Gasteiger partial charge in [0.05, 0.1) is 39.0 Å². The lowest BCUT2D eigenvalue weighted by Gasteiger charge is -2.17. The van der Waals surface area contributed by atoms with Crippen molar-refractivity contribution in [3.8, 4) is 0 Å². The molecule has 4 fully saturated rings. The number of alkyl halides is 1. The lowest BCUT2D eigenvalue weighted by Crippen LogP contribution is -2.39. The predicted octanol–water partition coefficient (Wildman–Crippen LogP) is 13.1. The molecule has 540 valence electrons. The normalized spacial score (nSPS) is 17.5. The molecule has 7 aliphatic rings. The summed E-state index contributed by atoms with van der Waals surface area (Å²) in [5.74, 6) is -7.77. The SMILES string of the molecule is Cc1c(C(=O)C(=O)NC2(c3nncs3)CC2)c2n(c1C(=O)Nc1ccnc(C(C)F)c1F)[C@@H]1C[C@@H]1C2.Cc1c(F)cc(NC(=O)c2c(C)c(C(=O)C(=O)NC3(c4ccccc4)CC3)c3n2CCC3)cc1F.Cc1ccc(NC(=O)c2c(C)c(C(=O)C(=O)NC3(c4ccccc4)CC3)c3n2CCC3)cc1Cl. The molecule has 4 saturated carbocycles. The summed E-state index contributed by atoms with van der Waals surface area (Å²) in [5, 5.41) is 25.8. The van der Waals surface area contributed by atoms with Gasteiger partial charge in [-0.05, 0) is 188 Å². The monoisotopic (exact) mass is 1460 g/mol. The lowest BCUT2D eigenvalue weighted by atomic mass is 10.0. The van der Waals surface area contributed by atoms with Gasteiger partial charge in [0.1, 0.15) is 51.1 Å². The summed E-state index contributed by atoms with van der Waals surface area (Å²) in [5.41, 5.74) is 7.58. The average Bonchev–Trinajstić information content (AvgIpc) is 1.54. The fraction of sp³-hybridized carbons (Fsp3) is 0.333. The molecule has 3 atom stereocenters. The highest BCUT2D eigenvalue weighted by Gasteiger charge is 2.54. The Morgan fingerprint density at radius 3 is 1.52 bits per heavy atom. The van der Waals surface area contributed by atoms with Crippen LogP contribution in [-0.4, -0.2) is 81.7 Å². The number of aryl methyl sites for hydroxylation is 1. The predicted molar refractivity (Wildman–Crippen MR) is 383 cm³/mol. The molecule has 0 saturated heterocycles. The zero-order valence-electron chi connectivity index (χ0n) is 58.2. The van der Waals surface area contributed by atoms with Gasteiger partial charge in [-0.25, -0.2) is 17.6 Å². The number of nitrogens with zero attached hydrogens (tertiary/aromatic N) is 6. The molecule has 6 amide bonds. The second-order valence-electron chi connectivity index (χ2n) is 28.2. The Balaban J connectivity index is 0.000000133. The Morgan fingerprint density at radius 1 is 0.571 bits per heavy atom. The number of nitrogens with one attached hydrogen (secondary N) is 6. The molecule has 6 N–H and O–H groups in total. The minimum Gasteiger partial charge on any atom is -0.340 e. The Bertz CT molecular complexity index is 5110. The first-order valence-electron chi connectivity index (χ1n) is 34.8. The number of pyridine rings is 1. The number of aromatic nitrogens is 6. The molecule has 4 aliphatic carbocycles. The van der Waals surface area contributed by atoms with E-state index in [2.05, 4.69) is 47.1 Å². The summed E-state index contributed by atoms with van der Waals surface area (Å²) in [6.07, 6.45) is 8.23. The van der Waals surface area contributed by atoms with Crippen LogP contribution in [0.4, 0.5) is 34.6 Å². The third-order valence-corrected chi connectivity index (χ3v) is 22.5. The van der Waals surface area contributed by atoms with Crippen LogP contribution in [0.25, 0.3) is 0 Å². The fourth-order valence-corrected chi connectivity index (χ4v) is 16.1. The van der Waals surface area contributed by atoms with Crippen molar-refractivity contribution in [2.45, 2.75) is 161 Å². The van der Waals surface area contributed by atoms with Crippen molar-refractivity contribution in [3.05, 3.63) is 232 Å². The molecule has 27 heteroatoms. The van der Waals surface area contributed by atoms with Crippen LogP contribution >= 0.6 is 22.9 Å². The molecule has 16 rings (SSSR count). The topological polar surface area (TPSA) is 279 Å². The maximum absolute atomic E-state index is 14.7. The van der Waals surface area contributed by atoms with E-state index in [4.69, 9.17) is 11.6 Å². The van der Waals surface area contributed by atoms with Crippen LogP contribution in [0.3, 0.4) is 0 Å². The van der Waals surface area contributed by atoms with Gasteiger partial charge in [-0.2, -0.15) is 0 Å². The largest absolute Gasteiger partial charge is 0.340 e. The van der Waals surface area contributed by atoms with Crippen LogP contribution < -0.4 is 31.9 Å². The third-order valence-electron chi connectivity index (χ3n) is 21.2. The van der Waals surface area contributed by atoms with Gasteiger partial charge in [0.2, 0.25) is 0 Å². The van der Waals surface area contributed by atoms with E-state index in [1.54, 1.807) is 43.0 Å². The number of benzene rings is 4. The quantitative estimate of drug-likeness (QED) is 0.0250. The van der Waals surface area contributed by atoms with Gasteiger partial charge >= 0.3 is 0 Å². The maximum Gasteiger partial charge on any atom is 0.293 e. The standard InChI is InChI=1S/C27H26ClN3O3.C27H25F2N3O3.C24H22F2N6O3S/c1-16-10-11-19(15-20(16)28)29-25(33)23-17(2)22(21-9-6-14-31(21)23)24(32)26(34)30-27(12-13-27)18-7-4-3-5-8-18;1-15-19(28)13-18(14-20(15)29)30-25(34)23-16(2)22(21-9-6-12-32(21)23)24(33)26(35)31-27(10-11-27)17-7-4-3-5-8-17;1-10-16(20(33)22(35)30-24(4-5-24)23-31-28-9-36-23)15-8-12-7-14(12)32(15)19(10)21(34)29-13-3-6-27-18(11(2)25)17(13)26/h3-5,7-8,10-11,15H,6,9,12-14H2,1-2H3,(H,29,33)(H,30,34);3-5,7-8,13-14H,6,9-12H2,1-2H3,(H,30,34)(H,31,35);3,6,9,11-12,14H,4-5,7-8H2,1-2H3,(H,30,35)(H,27,29,34)/t;;11?,12-,14-/m..1/s1. The fourth-order valence-electron chi connectivity index (χ4n) is 15.1. The molecule has 9 aromatic rings. The highest BCUT2D eigenvalue weighted by molar-refractivity contribution is 7.09. The number of carbonyl (C=O) groups is 9. The highest BCUT2D eigenvalue weighted by Crippen LogP contribution is 2.55. The van der Waals surface area contributed by atoms with Crippen molar-refractivity contribution in [3.63, 3.8) is 0 Å². The van der Waals surface area contributed by atoms with E-state index >= 15 is 0 Å². The Kier molecular flexibility index (Phi) is 18.8. The van der Waals surface area contributed by atoms with Crippen molar-refractivity contribution in [2.75, 3.05) is 16.0 Å². The minimum absolute atomic E-state index is 0.0206. The van der Waals surface area contributed by atoms with Crippen LogP contribution in [0.15, 0.2) is 109 Å². The first kappa shape index (κ1) is 71.3. The van der Waals surface area contributed by atoms with E-state index in [0.29, 0.717) is 106 Å². The van der Waals surface area contributed by atoms with E-state index in [1.807, 2.05) is 82.8 Å². The first-order chi connectivity index (χ1) is 50.2. The number of ketones is 3. The molecular weight excluding hydrogens is 1390 g/mol. The van der Waals surface area contributed by atoms with Crippen LogP contribution in [-0.2, 0) is 63.4 Å². The van der Waals surface area contributed by atoms with Crippen LogP contribution in [0, 0.1) is 58.0 Å². The highest BCUT2D eigenvalue weighted by atomic mass is 35.5. The number of fused-ring (bicyclic) bond motifs is 5. The molecular formula is C78H73ClF4N12O9S. The average molecular weight is 1470 g/mol. The van der Waals surface area contributed by atoms with Crippen LogP contribution in [0.5, 0.6) is 0 Å². The molecule has 4 aromatic carbocycles. The molecule has 21 nitrogen and oxygen atoms in total. The van der Waals surface area contributed by atoms with Crippen LogP contribution in [0.1, 0.15) is 206 Å². The Labute approximate surface area is 609 Å². The zero-order chi connectivity index (χ0) is 74.3. The Morgan fingerprint density at radius 2 is 1.05 bits per heavy atom. The van der Waals surface area contributed by atoms with E-state index in [-0.39, 0.29) is 51.4 Å². The number of Topliss-reactive ketones (excluding diaryl/α,β-unsaturated/α-hetero) is 3. The second kappa shape index (κ2) is 27.7. The summed E-state index contributed by atoms with van der Waals surface area (Å²) in [6, 6.07) is 28.0. The van der Waals surface area contributed by atoms with Crippen molar-refractivity contribution < 1.29 is 60.7 Å². The van der Waals surface area contributed by atoms with Crippen molar-refractivity contribution >= 4 is 92.8 Å². The summed E-state index contributed by atoms with van der Waals surface area (Å²) in [6.45, 7) is 10.5. The molecule has 3 aliphatic heterocycles. The smallest absolute Gasteiger partial charge is 0.293 e. The van der Waals surface area contributed by atoms with E-state index in [9.17, 15) is 60.7 Å². The minimum atomic E-state index is -1.65. The third kappa shape index (κ3) is 13.3. The van der Waals surface area contributed by atoms with Gasteiger partial charge in [0.25, 0.3) is 52.8 Å². The van der Waals surface area contributed by atoms with Gasteiger partial charge in [-0.15, -0.1) is 21.5 Å². The molecule has 1 unspecified atom stereocenters. The van der Waals surface area contributed by atoms with Gasteiger partial charge in [-0.3, -0.25) is 48.1 Å². The van der Waals surface area contributed by atoms with E-state index in [0.717, 1.165) is 86.4 Å². The van der Waals surface area contributed by atoms with Crippen LogP contribution in [0.2, 0.25) is 5.02 Å². The number of hydrogen-bond acceptors (Lipinski definition) is 13. The molecule has 105 heavy (non-hydrogen) atoms. The summed E-state index contributed by atoms with van der Waals surface area (Å²) in [4.78, 5) is 123. The van der Waals surface area contributed by atoms with Gasteiger partial charge in [0, 0.05) is 64.4 Å². The number of rotatable bonds is 19. The van der Waals surface area contributed by atoms with Gasteiger partial charge < -0.3 is 45.6 Å². The molecule has 0 radical (unpaired) electrons. The summed E-state index contributed by atoms with van der Waals surface area (Å²) in [7, 11) is 0. The number of amides is 6.